The van der Waals surface area contributed by atoms with E-state index in [1.807, 2.05) is 6.07 Å². The van der Waals surface area contributed by atoms with Crippen molar-refractivity contribution in [3.05, 3.63) is 29.1 Å². The second kappa shape index (κ2) is 4.51. The highest BCUT2D eigenvalue weighted by molar-refractivity contribution is 7.20. The molecule has 0 radical (unpaired) electrons. The Bertz CT molecular complexity index is 518. The van der Waals surface area contributed by atoms with E-state index in [1.54, 1.807) is 18.2 Å². The molecule has 1 heterocycles. The van der Waals surface area contributed by atoms with Gasteiger partial charge in [-0.2, -0.15) is 0 Å². The van der Waals surface area contributed by atoms with Gasteiger partial charge in [-0.05, 0) is 29.7 Å². The lowest BCUT2D eigenvalue weighted by molar-refractivity contribution is 0.0702. The van der Waals surface area contributed by atoms with Crippen LogP contribution in [0.5, 0.6) is 5.75 Å². The molecule has 0 saturated carbocycles. The molecule has 1 aromatic heterocycles. The Balaban J connectivity index is 2.34. The minimum absolute atomic E-state index is 0.0388. The Morgan fingerprint density at radius 2 is 2.19 bits per heavy atom. The van der Waals surface area contributed by atoms with E-state index in [-0.39, 0.29) is 13.2 Å². The second-order valence-electron chi connectivity index (χ2n) is 3.19. The molecule has 0 atom stereocenters. The Kier molecular flexibility index (Phi) is 3.07. The van der Waals surface area contributed by atoms with Crippen LogP contribution in [0, 0.1) is 0 Å². The van der Waals surface area contributed by atoms with Crippen LogP contribution in [-0.4, -0.2) is 29.4 Å². The van der Waals surface area contributed by atoms with Crippen molar-refractivity contribution >= 4 is 27.4 Å². The topological polar surface area (TPSA) is 66.8 Å². The van der Waals surface area contributed by atoms with Crippen LogP contribution in [-0.2, 0) is 0 Å². The van der Waals surface area contributed by atoms with Crippen LogP contribution in [0.3, 0.4) is 0 Å². The van der Waals surface area contributed by atoms with Crippen molar-refractivity contribution in [2.45, 2.75) is 0 Å². The maximum Gasteiger partial charge on any atom is 0.345 e. The van der Waals surface area contributed by atoms with Crippen LogP contribution in [0.1, 0.15) is 9.67 Å². The number of fused-ring (bicyclic) bond motifs is 1. The van der Waals surface area contributed by atoms with E-state index >= 15 is 0 Å². The van der Waals surface area contributed by atoms with Gasteiger partial charge >= 0.3 is 5.97 Å². The Morgan fingerprint density at radius 1 is 1.38 bits per heavy atom. The van der Waals surface area contributed by atoms with Gasteiger partial charge in [-0.1, -0.05) is 0 Å². The second-order valence-corrected chi connectivity index (χ2v) is 4.27. The number of ether oxygens (including phenoxy) is 1. The highest BCUT2D eigenvalue weighted by atomic mass is 32.1. The maximum absolute atomic E-state index is 10.8. The molecule has 0 saturated heterocycles. The molecule has 84 valence electrons. The van der Waals surface area contributed by atoms with Gasteiger partial charge in [0.2, 0.25) is 0 Å². The summed E-state index contributed by atoms with van der Waals surface area (Å²) < 4.78 is 6.11. The summed E-state index contributed by atoms with van der Waals surface area (Å²) in [5.74, 6) is -0.278. The lowest BCUT2D eigenvalue weighted by atomic mass is 10.2. The highest BCUT2D eigenvalue weighted by Crippen LogP contribution is 2.29. The molecule has 0 bridgehead atoms. The molecule has 0 aliphatic carbocycles. The number of rotatable bonds is 4. The fourth-order valence-electron chi connectivity index (χ4n) is 1.37. The Hall–Kier alpha value is -1.59. The van der Waals surface area contributed by atoms with Gasteiger partial charge in [0.15, 0.2) is 0 Å². The summed E-state index contributed by atoms with van der Waals surface area (Å²) in [6.45, 7) is 0.200. The van der Waals surface area contributed by atoms with E-state index in [1.165, 1.54) is 11.3 Å². The van der Waals surface area contributed by atoms with Crippen LogP contribution in [0.25, 0.3) is 10.1 Å². The summed E-state index contributed by atoms with van der Waals surface area (Å²) in [6.07, 6.45) is 0. The van der Waals surface area contributed by atoms with Gasteiger partial charge in [0.25, 0.3) is 0 Å². The van der Waals surface area contributed by atoms with Crippen LogP contribution in [0.4, 0.5) is 0 Å². The number of aromatic carboxylic acids is 1. The van der Waals surface area contributed by atoms with Crippen LogP contribution in [0.2, 0.25) is 0 Å². The zero-order valence-electron chi connectivity index (χ0n) is 8.34. The standard InChI is InChI=1S/C11H10O4S/c12-3-4-15-8-2-1-7-5-10(11(13)14)16-9(7)6-8/h1-2,5-6,12H,3-4H2,(H,13,14). The summed E-state index contributed by atoms with van der Waals surface area (Å²) in [4.78, 5) is 11.1. The minimum atomic E-state index is -0.918. The SMILES string of the molecule is O=C(O)c1cc2ccc(OCCO)cc2s1. The van der Waals surface area contributed by atoms with Crippen molar-refractivity contribution in [2.75, 3.05) is 13.2 Å². The number of carbonyl (C=O) groups is 1. The molecule has 4 nitrogen and oxygen atoms in total. The molecular formula is C11H10O4S. The fraction of sp³-hybridized carbons (Fsp3) is 0.182. The summed E-state index contributed by atoms with van der Waals surface area (Å²) in [7, 11) is 0. The molecule has 16 heavy (non-hydrogen) atoms. The number of benzene rings is 1. The van der Waals surface area contributed by atoms with E-state index in [4.69, 9.17) is 14.9 Å². The van der Waals surface area contributed by atoms with Gasteiger partial charge in [0, 0.05) is 4.70 Å². The lowest BCUT2D eigenvalue weighted by Gasteiger charge is -2.02. The zero-order valence-corrected chi connectivity index (χ0v) is 9.16. The molecule has 0 fully saturated rings. The van der Waals surface area contributed by atoms with Gasteiger partial charge in [0.05, 0.1) is 6.61 Å². The first-order chi connectivity index (χ1) is 7.70. The Labute approximate surface area is 95.7 Å². The van der Waals surface area contributed by atoms with Crippen LogP contribution >= 0.6 is 11.3 Å². The van der Waals surface area contributed by atoms with Crippen molar-refractivity contribution in [1.29, 1.82) is 0 Å². The third kappa shape index (κ3) is 2.15. The van der Waals surface area contributed by atoms with Gasteiger partial charge in [-0.15, -0.1) is 11.3 Å². The van der Waals surface area contributed by atoms with Crippen molar-refractivity contribution in [2.24, 2.45) is 0 Å². The number of carboxylic acids is 1. The first-order valence-electron chi connectivity index (χ1n) is 4.71. The number of aliphatic hydroxyl groups is 1. The first-order valence-corrected chi connectivity index (χ1v) is 5.53. The van der Waals surface area contributed by atoms with Gasteiger partial charge in [0.1, 0.15) is 17.2 Å². The minimum Gasteiger partial charge on any atom is -0.491 e. The molecule has 0 aliphatic heterocycles. The van der Waals surface area contributed by atoms with Gasteiger partial charge in [-0.25, -0.2) is 4.79 Å². The van der Waals surface area contributed by atoms with E-state index in [0.29, 0.717) is 10.6 Å². The average molecular weight is 238 g/mol. The average Bonchev–Trinajstić information content (AvgIpc) is 2.69. The number of hydrogen-bond donors (Lipinski definition) is 2. The fourth-order valence-corrected chi connectivity index (χ4v) is 2.30. The van der Waals surface area contributed by atoms with Crippen molar-refractivity contribution in [3.8, 4) is 5.75 Å². The smallest absolute Gasteiger partial charge is 0.345 e. The van der Waals surface area contributed by atoms with Crippen molar-refractivity contribution in [1.82, 2.24) is 0 Å². The molecule has 2 N–H and O–H groups in total. The van der Waals surface area contributed by atoms with Crippen LogP contribution < -0.4 is 4.74 Å². The lowest BCUT2D eigenvalue weighted by Crippen LogP contribution is -2.00. The predicted octanol–water partition coefficient (Wildman–Crippen LogP) is 1.97. The molecule has 5 heteroatoms. The molecular weight excluding hydrogens is 228 g/mol. The van der Waals surface area contributed by atoms with Crippen molar-refractivity contribution < 1.29 is 19.7 Å². The number of thiophene rings is 1. The summed E-state index contributed by atoms with van der Waals surface area (Å²) >= 11 is 1.21. The van der Waals surface area contributed by atoms with Gasteiger partial charge < -0.3 is 14.9 Å². The molecule has 2 rings (SSSR count). The number of carboxylic acid groups (broad SMARTS) is 1. The number of aliphatic hydroxyl groups excluding tert-OH is 1. The molecule has 0 amide bonds. The maximum atomic E-state index is 10.8. The molecule has 0 spiro atoms. The van der Waals surface area contributed by atoms with Gasteiger partial charge in [-0.3, -0.25) is 0 Å². The van der Waals surface area contributed by atoms with Crippen LogP contribution in [0.15, 0.2) is 24.3 Å². The number of hydrogen-bond acceptors (Lipinski definition) is 4. The van der Waals surface area contributed by atoms with E-state index in [0.717, 1.165) is 10.1 Å². The molecule has 0 aliphatic rings. The predicted molar refractivity (Wildman–Crippen MR) is 61.4 cm³/mol. The Morgan fingerprint density at radius 3 is 2.88 bits per heavy atom. The summed E-state index contributed by atoms with van der Waals surface area (Å²) in [5, 5.41) is 18.3. The van der Waals surface area contributed by atoms with E-state index < -0.39 is 5.97 Å². The highest BCUT2D eigenvalue weighted by Gasteiger charge is 2.08. The molecule has 0 unspecified atom stereocenters. The summed E-state index contributed by atoms with van der Waals surface area (Å²) in [5.41, 5.74) is 0. The largest absolute Gasteiger partial charge is 0.491 e. The zero-order chi connectivity index (χ0) is 11.5. The third-order valence-corrected chi connectivity index (χ3v) is 3.15. The monoisotopic (exact) mass is 238 g/mol. The molecule has 2 aromatic rings. The molecule has 1 aromatic carbocycles. The van der Waals surface area contributed by atoms with E-state index in [2.05, 4.69) is 0 Å². The van der Waals surface area contributed by atoms with E-state index in [9.17, 15) is 4.79 Å². The first kappa shape index (κ1) is 10.9. The summed E-state index contributed by atoms with van der Waals surface area (Å²) in [6, 6.07) is 6.99. The third-order valence-electron chi connectivity index (χ3n) is 2.06. The normalized spacial score (nSPS) is 10.6. The van der Waals surface area contributed by atoms with Crippen molar-refractivity contribution in [3.63, 3.8) is 0 Å². The quantitative estimate of drug-likeness (QED) is 0.854.